The Morgan fingerprint density at radius 3 is 2.63 bits per heavy atom. The van der Waals surface area contributed by atoms with Crippen LogP contribution in [0.3, 0.4) is 0 Å². The van der Waals surface area contributed by atoms with Gasteiger partial charge in [-0.25, -0.2) is 4.79 Å². The Bertz CT molecular complexity index is 1120. The Hall–Kier alpha value is -2.87. The zero-order valence-electron chi connectivity index (χ0n) is 17.0. The Balaban J connectivity index is 1.69. The molecular formula is C21H26ClN5O3. The fourth-order valence-corrected chi connectivity index (χ4v) is 3.53. The summed E-state index contributed by atoms with van der Waals surface area (Å²) in [4.78, 5) is 44.6. The number of imidazole rings is 1. The van der Waals surface area contributed by atoms with Crippen molar-refractivity contribution >= 4 is 28.7 Å². The van der Waals surface area contributed by atoms with Gasteiger partial charge in [-0.2, -0.15) is 4.98 Å². The predicted octanol–water partition coefficient (Wildman–Crippen LogP) is 2.48. The smallest absolute Gasteiger partial charge is 0.332 e. The van der Waals surface area contributed by atoms with Crippen molar-refractivity contribution in [3.05, 3.63) is 62.0 Å². The van der Waals surface area contributed by atoms with Gasteiger partial charge in [-0.15, -0.1) is 0 Å². The summed E-state index contributed by atoms with van der Waals surface area (Å²) in [6.07, 6.45) is 3.74. The number of carbonyl (C=O) groups is 1. The average Bonchev–Trinajstić information content (AvgIpc) is 3.14. The van der Waals surface area contributed by atoms with E-state index in [9.17, 15) is 14.4 Å². The molecule has 0 fully saturated rings. The van der Waals surface area contributed by atoms with Crippen LogP contribution in [0.25, 0.3) is 11.2 Å². The Morgan fingerprint density at radius 2 is 1.90 bits per heavy atom. The van der Waals surface area contributed by atoms with Crippen molar-refractivity contribution in [2.45, 2.75) is 52.1 Å². The van der Waals surface area contributed by atoms with E-state index in [0.717, 1.165) is 29.4 Å². The number of aromatic nitrogens is 4. The summed E-state index contributed by atoms with van der Waals surface area (Å²) in [6.45, 7) is 2.79. The van der Waals surface area contributed by atoms with Crippen molar-refractivity contribution in [2.24, 2.45) is 0 Å². The normalized spacial score (nSPS) is 11.1. The molecule has 160 valence electrons. The maximum atomic E-state index is 12.9. The number of H-pyrrole nitrogens is 1. The molecule has 0 aliphatic rings. The number of rotatable bonds is 10. The van der Waals surface area contributed by atoms with Gasteiger partial charge in [0.05, 0.1) is 0 Å². The highest BCUT2D eigenvalue weighted by molar-refractivity contribution is 6.28. The molecular weight excluding hydrogens is 406 g/mol. The number of fused-ring (bicyclic) bond motifs is 1. The van der Waals surface area contributed by atoms with Crippen molar-refractivity contribution in [1.82, 2.24) is 24.4 Å². The molecule has 0 unspecified atom stereocenters. The molecule has 2 aromatic heterocycles. The largest absolute Gasteiger partial charge is 0.354 e. The predicted molar refractivity (Wildman–Crippen MR) is 117 cm³/mol. The molecule has 1 amide bonds. The zero-order chi connectivity index (χ0) is 21.5. The number of nitrogens with one attached hydrogen (secondary N) is 2. The molecule has 0 spiro atoms. The minimum atomic E-state index is -0.486. The minimum absolute atomic E-state index is 0.0673. The molecule has 2 heterocycles. The fraction of sp³-hybridized carbons (Fsp3) is 0.429. The summed E-state index contributed by atoms with van der Waals surface area (Å²) < 4.78 is 2.60. The first-order valence-electron chi connectivity index (χ1n) is 10.2. The Kier molecular flexibility index (Phi) is 7.46. The molecule has 2 N–H and O–H groups in total. The van der Waals surface area contributed by atoms with Crippen LogP contribution in [0.5, 0.6) is 0 Å². The molecule has 0 radical (unpaired) electrons. The lowest BCUT2D eigenvalue weighted by Crippen LogP contribution is -2.42. The van der Waals surface area contributed by atoms with Gasteiger partial charge in [0, 0.05) is 26.1 Å². The SMILES string of the molecule is CCCCCn1c(=O)n(CCNC(=O)CCc2ccccc2)c(=O)c2[nH]c(Cl)nc21. The van der Waals surface area contributed by atoms with Crippen LogP contribution in [0.2, 0.25) is 5.28 Å². The molecule has 0 aliphatic carbocycles. The number of halogens is 1. The van der Waals surface area contributed by atoms with E-state index < -0.39 is 11.2 Å². The summed E-state index contributed by atoms with van der Waals surface area (Å²) in [5.41, 5.74) is 0.631. The summed E-state index contributed by atoms with van der Waals surface area (Å²) in [5.74, 6) is -0.124. The monoisotopic (exact) mass is 431 g/mol. The van der Waals surface area contributed by atoms with Crippen LogP contribution in [0.4, 0.5) is 0 Å². The van der Waals surface area contributed by atoms with Gasteiger partial charge in [0.1, 0.15) is 0 Å². The maximum Gasteiger partial charge on any atom is 0.332 e. The third-order valence-corrected chi connectivity index (χ3v) is 5.14. The first-order chi connectivity index (χ1) is 14.5. The third kappa shape index (κ3) is 5.18. The number of hydrogen-bond acceptors (Lipinski definition) is 4. The van der Waals surface area contributed by atoms with Gasteiger partial charge in [-0.3, -0.25) is 18.7 Å². The van der Waals surface area contributed by atoms with E-state index in [2.05, 4.69) is 22.2 Å². The van der Waals surface area contributed by atoms with Crippen LogP contribution < -0.4 is 16.6 Å². The van der Waals surface area contributed by atoms with Crippen molar-refractivity contribution < 1.29 is 4.79 Å². The number of aryl methyl sites for hydroxylation is 2. The highest BCUT2D eigenvalue weighted by Gasteiger charge is 2.16. The van der Waals surface area contributed by atoms with E-state index >= 15 is 0 Å². The number of carbonyl (C=O) groups excluding carboxylic acids is 1. The maximum absolute atomic E-state index is 12.9. The van der Waals surface area contributed by atoms with Crippen LogP contribution in [0.15, 0.2) is 39.9 Å². The summed E-state index contributed by atoms with van der Waals surface area (Å²) in [6, 6.07) is 9.74. The first kappa shape index (κ1) is 21.8. The highest BCUT2D eigenvalue weighted by atomic mass is 35.5. The van der Waals surface area contributed by atoms with E-state index in [-0.39, 0.29) is 35.4 Å². The second-order valence-corrected chi connectivity index (χ2v) is 7.52. The lowest BCUT2D eigenvalue weighted by molar-refractivity contribution is -0.121. The molecule has 0 aliphatic heterocycles. The number of unbranched alkanes of at least 4 members (excludes halogenated alkanes) is 2. The Labute approximate surface area is 178 Å². The topological polar surface area (TPSA) is 102 Å². The third-order valence-electron chi connectivity index (χ3n) is 4.96. The van der Waals surface area contributed by atoms with E-state index in [1.165, 1.54) is 4.57 Å². The van der Waals surface area contributed by atoms with Crippen molar-refractivity contribution in [1.29, 1.82) is 0 Å². The standard InChI is InChI=1S/C21H26ClN5O3/c1-2-3-7-13-26-18-17(24-20(22)25-18)19(29)27(21(26)30)14-12-23-16(28)11-10-15-8-5-4-6-9-15/h4-6,8-9H,2-3,7,10-14H2,1H3,(H,23,28)(H,24,25). The fourth-order valence-electron chi connectivity index (χ4n) is 3.36. The van der Waals surface area contributed by atoms with E-state index in [0.29, 0.717) is 19.4 Å². The molecule has 3 aromatic rings. The van der Waals surface area contributed by atoms with E-state index in [1.54, 1.807) is 0 Å². The van der Waals surface area contributed by atoms with Gasteiger partial charge in [0.2, 0.25) is 11.2 Å². The van der Waals surface area contributed by atoms with Gasteiger partial charge < -0.3 is 10.3 Å². The van der Waals surface area contributed by atoms with Crippen LogP contribution >= 0.6 is 11.6 Å². The molecule has 9 heteroatoms. The van der Waals surface area contributed by atoms with Gasteiger partial charge >= 0.3 is 5.69 Å². The molecule has 0 atom stereocenters. The van der Waals surface area contributed by atoms with Crippen LogP contribution in [-0.2, 0) is 24.3 Å². The van der Waals surface area contributed by atoms with Gasteiger partial charge in [0.25, 0.3) is 5.56 Å². The minimum Gasteiger partial charge on any atom is -0.354 e. The van der Waals surface area contributed by atoms with Gasteiger partial charge in [-0.1, -0.05) is 50.1 Å². The molecule has 1 aromatic carbocycles. The molecule has 3 rings (SSSR count). The highest BCUT2D eigenvalue weighted by Crippen LogP contribution is 2.10. The van der Waals surface area contributed by atoms with Crippen LogP contribution in [-0.4, -0.2) is 31.6 Å². The average molecular weight is 432 g/mol. The lowest BCUT2D eigenvalue weighted by atomic mass is 10.1. The van der Waals surface area contributed by atoms with Gasteiger partial charge in [0.15, 0.2) is 11.2 Å². The first-order valence-corrected chi connectivity index (χ1v) is 10.6. The summed E-state index contributed by atoms with van der Waals surface area (Å²) in [7, 11) is 0. The molecule has 8 nitrogen and oxygen atoms in total. The van der Waals surface area contributed by atoms with Crippen molar-refractivity contribution in [2.75, 3.05) is 6.54 Å². The number of benzene rings is 1. The second kappa shape index (κ2) is 10.2. The molecule has 0 bridgehead atoms. The molecule has 0 saturated heterocycles. The van der Waals surface area contributed by atoms with Crippen molar-refractivity contribution in [3.63, 3.8) is 0 Å². The second-order valence-electron chi connectivity index (χ2n) is 7.16. The quantitative estimate of drug-likeness (QED) is 0.380. The number of nitrogens with zero attached hydrogens (tertiary/aromatic N) is 3. The summed E-state index contributed by atoms with van der Waals surface area (Å²) >= 11 is 5.94. The molecule has 0 saturated carbocycles. The van der Waals surface area contributed by atoms with Crippen molar-refractivity contribution in [3.8, 4) is 0 Å². The number of amides is 1. The number of aromatic amines is 1. The van der Waals surface area contributed by atoms with Crippen LogP contribution in [0.1, 0.15) is 38.2 Å². The van der Waals surface area contributed by atoms with E-state index in [4.69, 9.17) is 11.6 Å². The Morgan fingerprint density at radius 1 is 1.13 bits per heavy atom. The van der Waals surface area contributed by atoms with Gasteiger partial charge in [-0.05, 0) is 30.0 Å². The zero-order valence-corrected chi connectivity index (χ0v) is 17.7. The lowest BCUT2D eigenvalue weighted by Gasteiger charge is -2.11. The van der Waals surface area contributed by atoms with E-state index in [1.807, 2.05) is 30.3 Å². The van der Waals surface area contributed by atoms with Crippen LogP contribution in [0, 0.1) is 0 Å². The molecule has 30 heavy (non-hydrogen) atoms. The number of hydrogen-bond donors (Lipinski definition) is 2. The summed E-state index contributed by atoms with van der Waals surface area (Å²) in [5, 5.41) is 2.85.